The quantitative estimate of drug-likeness (QED) is 0.710. The molecule has 0 N–H and O–H groups in total. The lowest BCUT2D eigenvalue weighted by atomic mass is 10.2. The predicted molar refractivity (Wildman–Crippen MR) is 74.7 cm³/mol. The Morgan fingerprint density at radius 3 is 2.33 bits per heavy atom. The highest BCUT2D eigenvalue weighted by Crippen LogP contribution is 2.39. The van der Waals surface area contributed by atoms with Crippen LogP contribution < -0.4 is 4.43 Å². The average Bonchev–Trinajstić information content (AvgIpc) is 2.18. The first kappa shape index (κ1) is 15.6. The number of nitrogens with zero attached hydrogens (tertiary/aromatic N) is 1. The van der Waals surface area contributed by atoms with E-state index in [2.05, 4.69) is 41.7 Å². The van der Waals surface area contributed by atoms with E-state index in [1.165, 1.54) is 12.3 Å². The maximum absolute atomic E-state index is 13.0. The van der Waals surface area contributed by atoms with Crippen LogP contribution in [-0.4, -0.2) is 13.3 Å². The highest BCUT2D eigenvalue weighted by atomic mass is 79.9. The second-order valence-electron chi connectivity index (χ2n) is 5.71. The van der Waals surface area contributed by atoms with Crippen LogP contribution in [0.25, 0.3) is 0 Å². The minimum atomic E-state index is -2.59. The largest absolute Gasteiger partial charge is 0.530 e. The standard InChI is InChI=1S/C12H18BrF2NOSi/c1-12(2,3)18(4,5)17-11-9(10(14)15)6-8(13)7-16-11/h6-7,10H,1-5H3. The molecule has 0 saturated heterocycles. The number of alkyl halides is 2. The van der Waals surface area contributed by atoms with Crippen LogP contribution in [0.1, 0.15) is 32.8 Å². The van der Waals surface area contributed by atoms with E-state index in [1.54, 1.807) is 0 Å². The number of pyridine rings is 1. The molecule has 0 aliphatic carbocycles. The molecular weight excluding hydrogens is 320 g/mol. The molecule has 6 heteroatoms. The van der Waals surface area contributed by atoms with Gasteiger partial charge in [0.05, 0.1) is 5.56 Å². The summed E-state index contributed by atoms with van der Waals surface area (Å²) in [5.74, 6) is 0.0554. The second kappa shape index (κ2) is 5.25. The van der Waals surface area contributed by atoms with Crippen molar-refractivity contribution in [2.24, 2.45) is 0 Å². The van der Waals surface area contributed by atoms with Crippen LogP contribution >= 0.6 is 15.9 Å². The lowest BCUT2D eigenvalue weighted by Crippen LogP contribution is -2.44. The van der Waals surface area contributed by atoms with Gasteiger partial charge >= 0.3 is 0 Å². The molecule has 1 rings (SSSR count). The topological polar surface area (TPSA) is 22.1 Å². The summed E-state index contributed by atoms with van der Waals surface area (Å²) >= 11 is 3.14. The maximum atomic E-state index is 13.0. The molecule has 0 aromatic carbocycles. The number of hydrogen-bond acceptors (Lipinski definition) is 2. The second-order valence-corrected chi connectivity index (χ2v) is 11.4. The van der Waals surface area contributed by atoms with Gasteiger partial charge in [-0.3, -0.25) is 0 Å². The van der Waals surface area contributed by atoms with E-state index in [9.17, 15) is 8.78 Å². The molecule has 1 aromatic heterocycles. The van der Waals surface area contributed by atoms with E-state index in [-0.39, 0.29) is 16.5 Å². The summed E-state index contributed by atoms with van der Waals surface area (Å²) in [6.45, 7) is 10.2. The molecule has 0 spiro atoms. The molecule has 0 aliphatic rings. The summed E-state index contributed by atoms with van der Waals surface area (Å²) in [4.78, 5) is 3.98. The third-order valence-electron chi connectivity index (χ3n) is 3.24. The van der Waals surface area contributed by atoms with Crippen LogP contribution in [0.2, 0.25) is 18.1 Å². The van der Waals surface area contributed by atoms with Crippen LogP contribution in [0.5, 0.6) is 5.88 Å². The van der Waals surface area contributed by atoms with E-state index in [0.717, 1.165) is 0 Å². The minimum Gasteiger partial charge on any atom is -0.530 e. The molecular formula is C12H18BrF2NOSi. The number of hydrogen-bond donors (Lipinski definition) is 0. The van der Waals surface area contributed by atoms with E-state index in [0.29, 0.717) is 4.47 Å². The van der Waals surface area contributed by atoms with Crippen LogP contribution in [-0.2, 0) is 0 Å². The Bertz CT molecular complexity index is 433. The van der Waals surface area contributed by atoms with Crippen molar-refractivity contribution in [2.45, 2.75) is 45.3 Å². The van der Waals surface area contributed by atoms with E-state index in [4.69, 9.17) is 4.43 Å². The summed E-state index contributed by atoms with van der Waals surface area (Å²) in [6, 6.07) is 1.36. The molecule has 0 bridgehead atoms. The Balaban J connectivity index is 3.12. The Labute approximate surface area is 116 Å². The van der Waals surface area contributed by atoms with Crippen LogP contribution in [0.4, 0.5) is 8.78 Å². The third kappa shape index (κ3) is 3.51. The first-order chi connectivity index (χ1) is 8.04. The van der Waals surface area contributed by atoms with Crippen molar-refractivity contribution in [3.05, 3.63) is 22.3 Å². The third-order valence-corrected chi connectivity index (χ3v) is 7.99. The van der Waals surface area contributed by atoms with Crippen molar-refractivity contribution in [2.75, 3.05) is 0 Å². The number of halogens is 3. The highest BCUT2D eigenvalue weighted by Gasteiger charge is 2.40. The molecule has 18 heavy (non-hydrogen) atoms. The average molecular weight is 338 g/mol. The maximum Gasteiger partial charge on any atom is 0.269 e. The zero-order chi connectivity index (χ0) is 14.1. The van der Waals surface area contributed by atoms with E-state index >= 15 is 0 Å². The summed E-state index contributed by atoms with van der Waals surface area (Å²) in [5.41, 5.74) is -0.158. The molecule has 0 unspecified atom stereocenters. The molecule has 102 valence electrons. The van der Waals surface area contributed by atoms with Gasteiger partial charge in [-0.25, -0.2) is 13.8 Å². The lowest BCUT2D eigenvalue weighted by molar-refractivity contribution is 0.147. The fraction of sp³-hybridized carbons (Fsp3) is 0.583. The van der Waals surface area contributed by atoms with Crippen molar-refractivity contribution < 1.29 is 13.2 Å². The smallest absolute Gasteiger partial charge is 0.269 e. The van der Waals surface area contributed by atoms with Gasteiger partial charge in [0, 0.05) is 10.7 Å². The van der Waals surface area contributed by atoms with Gasteiger partial charge in [-0.1, -0.05) is 20.8 Å². The summed E-state index contributed by atoms with van der Waals surface area (Å²) in [5, 5.41) is -0.0544. The van der Waals surface area contributed by atoms with Gasteiger partial charge in [0.1, 0.15) is 0 Å². The van der Waals surface area contributed by atoms with Crippen molar-refractivity contribution in [1.29, 1.82) is 0 Å². The van der Waals surface area contributed by atoms with Gasteiger partial charge in [0.15, 0.2) is 0 Å². The van der Waals surface area contributed by atoms with Crippen molar-refractivity contribution >= 4 is 24.2 Å². The summed E-state index contributed by atoms with van der Waals surface area (Å²) in [6.07, 6.45) is -1.11. The minimum absolute atomic E-state index is 0.0544. The summed E-state index contributed by atoms with van der Waals surface area (Å²) < 4.78 is 32.3. The van der Waals surface area contributed by atoms with Crippen molar-refractivity contribution in [3.8, 4) is 5.88 Å². The molecule has 0 amide bonds. The molecule has 0 saturated carbocycles. The summed E-state index contributed by atoms with van der Waals surface area (Å²) in [7, 11) is -2.15. The highest BCUT2D eigenvalue weighted by molar-refractivity contribution is 9.10. The number of rotatable bonds is 3. The van der Waals surface area contributed by atoms with Gasteiger partial charge in [0.2, 0.25) is 5.88 Å². The van der Waals surface area contributed by atoms with Gasteiger partial charge < -0.3 is 4.43 Å². The zero-order valence-corrected chi connectivity index (χ0v) is 13.8. The molecule has 1 heterocycles. The zero-order valence-electron chi connectivity index (χ0n) is 11.2. The van der Waals surface area contributed by atoms with Gasteiger partial charge in [-0.05, 0) is 40.1 Å². The number of aromatic nitrogens is 1. The molecule has 2 nitrogen and oxygen atoms in total. The lowest BCUT2D eigenvalue weighted by Gasteiger charge is -2.36. The van der Waals surface area contributed by atoms with E-state index < -0.39 is 14.7 Å². The normalized spacial score (nSPS) is 12.9. The molecule has 0 fully saturated rings. The van der Waals surface area contributed by atoms with Crippen molar-refractivity contribution in [3.63, 3.8) is 0 Å². The van der Waals surface area contributed by atoms with Crippen LogP contribution in [0, 0.1) is 0 Å². The van der Waals surface area contributed by atoms with Crippen LogP contribution in [0.15, 0.2) is 16.7 Å². The van der Waals surface area contributed by atoms with Gasteiger partial charge in [-0.2, -0.15) is 0 Å². The predicted octanol–water partition coefficient (Wildman–Crippen LogP) is 5.17. The SMILES string of the molecule is CC(C)(C)[Si](C)(C)Oc1ncc(Br)cc1C(F)F. The fourth-order valence-electron chi connectivity index (χ4n) is 1.08. The first-order valence-electron chi connectivity index (χ1n) is 5.67. The monoisotopic (exact) mass is 337 g/mol. The van der Waals surface area contributed by atoms with E-state index in [1.807, 2.05) is 13.1 Å². The van der Waals surface area contributed by atoms with Gasteiger partial charge in [-0.15, -0.1) is 0 Å². The Morgan fingerprint density at radius 1 is 1.33 bits per heavy atom. The molecule has 1 aromatic rings. The Kier molecular flexibility index (Phi) is 4.54. The van der Waals surface area contributed by atoms with Gasteiger partial charge in [0.25, 0.3) is 14.7 Å². The fourth-order valence-corrected chi connectivity index (χ4v) is 2.39. The van der Waals surface area contributed by atoms with Crippen molar-refractivity contribution in [1.82, 2.24) is 4.98 Å². The molecule has 0 atom stereocenters. The van der Waals surface area contributed by atoms with Crippen LogP contribution in [0.3, 0.4) is 0 Å². The Morgan fingerprint density at radius 2 is 1.89 bits per heavy atom. The molecule has 0 radical (unpaired) electrons. The Hall–Kier alpha value is -0.493. The molecule has 0 aliphatic heterocycles. The first-order valence-corrected chi connectivity index (χ1v) is 9.37.